The van der Waals surface area contributed by atoms with Crippen molar-refractivity contribution in [3.8, 4) is 0 Å². The average Bonchev–Trinajstić information content (AvgIpc) is 3.25. The van der Waals surface area contributed by atoms with Crippen LogP contribution >= 0.6 is 0 Å². The molecule has 0 amide bonds. The Hall–Kier alpha value is -2.87. The summed E-state index contributed by atoms with van der Waals surface area (Å²) in [5.41, 5.74) is 3.04. The first-order chi connectivity index (χ1) is 16.4. The van der Waals surface area contributed by atoms with Crippen LogP contribution in [0.15, 0.2) is 40.2 Å². The van der Waals surface area contributed by atoms with Crippen molar-refractivity contribution in [3.63, 3.8) is 0 Å². The Labute approximate surface area is 201 Å². The van der Waals surface area contributed by atoms with Crippen molar-refractivity contribution >= 4 is 16.9 Å². The van der Waals surface area contributed by atoms with Gasteiger partial charge in [0.25, 0.3) is 5.56 Å². The highest BCUT2D eigenvalue weighted by molar-refractivity contribution is 5.69. The van der Waals surface area contributed by atoms with Gasteiger partial charge in [-0.3, -0.25) is 18.8 Å². The summed E-state index contributed by atoms with van der Waals surface area (Å²) in [4.78, 5) is 34.0. The molecule has 184 valence electrons. The Bertz CT molecular complexity index is 1240. The quantitative estimate of drug-likeness (QED) is 0.454. The molecule has 8 nitrogen and oxygen atoms in total. The number of imidazole rings is 1. The fourth-order valence-electron chi connectivity index (χ4n) is 5.14. The second-order valence-electron chi connectivity index (χ2n) is 9.77. The maximum absolute atomic E-state index is 12.5. The van der Waals surface area contributed by atoms with Crippen molar-refractivity contribution in [1.82, 2.24) is 23.6 Å². The number of aromatic nitrogens is 4. The van der Waals surface area contributed by atoms with Gasteiger partial charge >= 0.3 is 5.69 Å². The van der Waals surface area contributed by atoms with Crippen LogP contribution in [0.3, 0.4) is 0 Å². The molecule has 1 aliphatic heterocycles. The number of unbranched alkanes of at least 4 members (excludes halogenated alkanes) is 4. The number of anilines is 1. The van der Waals surface area contributed by atoms with E-state index in [1.54, 1.807) is 13.4 Å². The minimum atomic E-state index is -0.339. The zero-order chi connectivity index (χ0) is 24.2. The second kappa shape index (κ2) is 10.6. The predicted molar refractivity (Wildman–Crippen MR) is 138 cm³/mol. The Kier molecular flexibility index (Phi) is 7.56. The number of hydrogen-bond acceptors (Lipinski definition) is 5. The molecule has 4 rings (SSSR count). The molecule has 1 unspecified atom stereocenters. The first kappa shape index (κ1) is 24.3. The van der Waals surface area contributed by atoms with Crippen LogP contribution in [0.2, 0.25) is 0 Å². The Morgan fingerprint density at radius 2 is 1.71 bits per heavy atom. The molecule has 0 N–H and O–H groups in total. The van der Waals surface area contributed by atoms with Crippen LogP contribution in [0.5, 0.6) is 0 Å². The lowest BCUT2D eigenvalue weighted by Crippen LogP contribution is -2.52. The van der Waals surface area contributed by atoms with E-state index in [4.69, 9.17) is 0 Å². The first-order valence-corrected chi connectivity index (χ1v) is 12.5. The third kappa shape index (κ3) is 5.12. The minimum absolute atomic E-state index is 0.271. The minimum Gasteiger partial charge on any atom is -0.366 e. The highest BCUT2D eigenvalue weighted by atomic mass is 16.2. The van der Waals surface area contributed by atoms with Gasteiger partial charge < -0.3 is 9.47 Å². The smallest absolute Gasteiger partial charge is 0.332 e. The fourth-order valence-corrected chi connectivity index (χ4v) is 5.14. The Balaban J connectivity index is 1.17. The fraction of sp³-hybridized carbons (Fsp3) is 0.577. The molecule has 1 aliphatic rings. The van der Waals surface area contributed by atoms with Gasteiger partial charge in [0.05, 0.1) is 6.33 Å². The van der Waals surface area contributed by atoms with E-state index in [1.165, 1.54) is 48.7 Å². The summed E-state index contributed by atoms with van der Waals surface area (Å²) in [6, 6.07) is 9.36. The lowest BCUT2D eigenvalue weighted by Gasteiger charge is -2.41. The van der Waals surface area contributed by atoms with Gasteiger partial charge in [0.2, 0.25) is 0 Å². The normalized spacial score (nSPS) is 17.1. The van der Waals surface area contributed by atoms with Gasteiger partial charge in [0.15, 0.2) is 11.2 Å². The molecule has 34 heavy (non-hydrogen) atoms. The van der Waals surface area contributed by atoms with Gasteiger partial charge in [-0.25, -0.2) is 9.78 Å². The van der Waals surface area contributed by atoms with Crippen molar-refractivity contribution < 1.29 is 0 Å². The Morgan fingerprint density at radius 1 is 0.971 bits per heavy atom. The van der Waals surface area contributed by atoms with Gasteiger partial charge in [0.1, 0.15) is 0 Å². The summed E-state index contributed by atoms with van der Waals surface area (Å²) in [5.74, 6) is 0. The molecular formula is C26H38N6O2. The van der Waals surface area contributed by atoms with E-state index >= 15 is 0 Å². The molecule has 3 aromatic rings. The molecule has 0 bridgehead atoms. The summed E-state index contributed by atoms with van der Waals surface area (Å²) < 4.78 is 4.49. The van der Waals surface area contributed by atoms with Gasteiger partial charge in [-0.2, -0.15) is 0 Å². The molecule has 8 heteroatoms. The van der Waals surface area contributed by atoms with Crippen molar-refractivity contribution in [2.45, 2.75) is 58.5 Å². The maximum atomic E-state index is 12.5. The van der Waals surface area contributed by atoms with Crippen LogP contribution in [0.1, 0.15) is 44.6 Å². The summed E-state index contributed by atoms with van der Waals surface area (Å²) in [5, 5.41) is 0. The SMILES string of the molecule is Cc1cccc(N2CCN(CCCCCCCn3cnc4c3c(=O)n(C)c(=O)n4C)CC2C)c1. The summed E-state index contributed by atoms with van der Waals surface area (Å²) >= 11 is 0. The number of rotatable bonds is 9. The van der Waals surface area contributed by atoms with Crippen LogP contribution in [-0.4, -0.2) is 55.8 Å². The van der Waals surface area contributed by atoms with Crippen LogP contribution < -0.4 is 16.1 Å². The molecule has 0 saturated carbocycles. The number of nitrogens with zero attached hydrogens (tertiary/aromatic N) is 6. The highest BCUT2D eigenvalue weighted by Crippen LogP contribution is 2.22. The van der Waals surface area contributed by atoms with E-state index in [0.717, 1.165) is 43.6 Å². The summed E-state index contributed by atoms with van der Waals surface area (Å²) in [6.45, 7) is 9.76. The summed E-state index contributed by atoms with van der Waals surface area (Å²) in [7, 11) is 3.18. The standard InChI is InChI=1S/C26H38N6O2/c1-20-11-10-12-22(17-20)32-16-15-30(18-21(32)2)13-8-6-5-7-9-14-31-19-27-24-23(31)25(33)29(4)26(34)28(24)3/h10-12,17,19,21H,5-9,13-16,18H2,1-4H3. The molecule has 2 aromatic heterocycles. The highest BCUT2D eigenvalue weighted by Gasteiger charge is 2.23. The zero-order valence-corrected chi connectivity index (χ0v) is 21.0. The molecular weight excluding hydrogens is 428 g/mol. The third-order valence-corrected chi connectivity index (χ3v) is 7.14. The van der Waals surface area contributed by atoms with Gasteiger partial charge in [-0.05, 0) is 50.9 Å². The number of benzene rings is 1. The van der Waals surface area contributed by atoms with Crippen LogP contribution in [0, 0.1) is 6.92 Å². The predicted octanol–water partition coefficient (Wildman–Crippen LogP) is 2.90. The molecule has 1 atom stereocenters. The van der Waals surface area contributed by atoms with E-state index in [1.807, 2.05) is 4.57 Å². The lowest BCUT2D eigenvalue weighted by molar-refractivity contribution is 0.224. The van der Waals surface area contributed by atoms with Gasteiger partial charge in [0, 0.05) is 52.0 Å². The number of fused-ring (bicyclic) bond motifs is 1. The van der Waals surface area contributed by atoms with Crippen LogP contribution in [0.4, 0.5) is 5.69 Å². The van der Waals surface area contributed by atoms with Gasteiger partial charge in [-0.1, -0.05) is 31.4 Å². The molecule has 0 aliphatic carbocycles. The number of aryl methyl sites for hydroxylation is 3. The van der Waals surface area contributed by atoms with E-state index in [9.17, 15) is 9.59 Å². The molecule has 3 heterocycles. The molecule has 0 spiro atoms. The largest absolute Gasteiger partial charge is 0.366 e. The number of hydrogen-bond donors (Lipinski definition) is 0. The van der Waals surface area contributed by atoms with E-state index in [-0.39, 0.29) is 11.2 Å². The Morgan fingerprint density at radius 3 is 2.44 bits per heavy atom. The van der Waals surface area contributed by atoms with Gasteiger partial charge in [-0.15, -0.1) is 0 Å². The molecule has 0 radical (unpaired) electrons. The van der Waals surface area contributed by atoms with E-state index < -0.39 is 0 Å². The van der Waals surface area contributed by atoms with Crippen molar-refractivity contribution in [2.24, 2.45) is 14.1 Å². The maximum Gasteiger partial charge on any atom is 0.332 e. The van der Waals surface area contributed by atoms with E-state index in [0.29, 0.717) is 17.2 Å². The monoisotopic (exact) mass is 466 g/mol. The van der Waals surface area contributed by atoms with Crippen LogP contribution in [-0.2, 0) is 20.6 Å². The zero-order valence-electron chi connectivity index (χ0n) is 21.0. The molecule has 1 saturated heterocycles. The summed E-state index contributed by atoms with van der Waals surface area (Å²) in [6.07, 6.45) is 7.47. The molecule has 1 aromatic carbocycles. The lowest BCUT2D eigenvalue weighted by atomic mass is 10.1. The molecule has 1 fully saturated rings. The number of piperazine rings is 1. The topological polar surface area (TPSA) is 68.3 Å². The van der Waals surface area contributed by atoms with Crippen LogP contribution in [0.25, 0.3) is 11.2 Å². The third-order valence-electron chi connectivity index (χ3n) is 7.14. The second-order valence-corrected chi connectivity index (χ2v) is 9.77. The van der Waals surface area contributed by atoms with Crippen molar-refractivity contribution in [2.75, 3.05) is 31.1 Å². The first-order valence-electron chi connectivity index (χ1n) is 12.5. The average molecular weight is 467 g/mol. The van der Waals surface area contributed by atoms with Crippen molar-refractivity contribution in [1.29, 1.82) is 0 Å². The van der Waals surface area contributed by atoms with E-state index in [2.05, 4.69) is 52.9 Å². The van der Waals surface area contributed by atoms with Crippen molar-refractivity contribution in [3.05, 3.63) is 57.0 Å².